The van der Waals surface area contributed by atoms with Crippen LogP contribution in [0.2, 0.25) is 0 Å². The number of nitrogens with one attached hydrogen (secondary N) is 1. The Morgan fingerprint density at radius 3 is 2.50 bits per heavy atom. The third-order valence-electron chi connectivity index (χ3n) is 6.29. The van der Waals surface area contributed by atoms with Crippen molar-refractivity contribution in [2.75, 3.05) is 5.32 Å². The molecular formula is C18H25N3O3. The molecule has 6 heteroatoms. The summed E-state index contributed by atoms with van der Waals surface area (Å²) in [6, 6.07) is 1.67. The van der Waals surface area contributed by atoms with Crippen LogP contribution in [0.1, 0.15) is 52.4 Å². The zero-order valence-corrected chi connectivity index (χ0v) is 14.3. The maximum absolute atomic E-state index is 13.1. The SMILES string of the molecule is CC12CC3CC(C)(C1)CC(C(=O)Nc1ccn(CC(=O)O)n1)(C3)C2. The summed E-state index contributed by atoms with van der Waals surface area (Å²) in [6.07, 6.45) is 8.25. The summed E-state index contributed by atoms with van der Waals surface area (Å²) in [4.78, 5) is 23.9. The smallest absolute Gasteiger partial charge is 0.325 e. The average molecular weight is 331 g/mol. The Balaban J connectivity index is 1.54. The van der Waals surface area contributed by atoms with E-state index in [4.69, 9.17) is 5.11 Å². The molecule has 6 nitrogen and oxygen atoms in total. The third-order valence-corrected chi connectivity index (χ3v) is 6.29. The fourth-order valence-corrected chi connectivity index (χ4v) is 6.60. The summed E-state index contributed by atoms with van der Waals surface area (Å²) < 4.78 is 1.33. The van der Waals surface area contributed by atoms with Gasteiger partial charge in [0.05, 0.1) is 5.41 Å². The number of carboxylic acids is 1. The Bertz CT molecular complexity index is 692. The van der Waals surface area contributed by atoms with Gasteiger partial charge in [-0.25, -0.2) is 0 Å². The van der Waals surface area contributed by atoms with Crippen LogP contribution in [-0.2, 0) is 16.1 Å². The van der Waals surface area contributed by atoms with Crippen molar-refractivity contribution >= 4 is 17.7 Å². The largest absolute Gasteiger partial charge is 0.480 e. The van der Waals surface area contributed by atoms with Crippen molar-refractivity contribution < 1.29 is 14.7 Å². The first kappa shape index (κ1) is 15.7. The van der Waals surface area contributed by atoms with Gasteiger partial charge in [0, 0.05) is 12.3 Å². The Hall–Kier alpha value is -1.85. The summed E-state index contributed by atoms with van der Waals surface area (Å²) in [5.41, 5.74) is 0.293. The van der Waals surface area contributed by atoms with Gasteiger partial charge < -0.3 is 10.4 Å². The Morgan fingerprint density at radius 2 is 1.92 bits per heavy atom. The Kier molecular flexibility index (Phi) is 3.15. The van der Waals surface area contributed by atoms with Gasteiger partial charge in [-0.2, -0.15) is 5.10 Å². The molecule has 1 heterocycles. The van der Waals surface area contributed by atoms with Crippen molar-refractivity contribution in [3.05, 3.63) is 12.3 Å². The van der Waals surface area contributed by atoms with E-state index in [1.807, 2.05) is 0 Å². The number of hydrogen-bond acceptors (Lipinski definition) is 3. The number of hydrogen-bond donors (Lipinski definition) is 2. The zero-order chi connectivity index (χ0) is 17.2. The van der Waals surface area contributed by atoms with Crippen molar-refractivity contribution in [3.8, 4) is 0 Å². The van der Waals surface area contributed by atoms with Gasteiger partial charge in [-0.05, 0) is 55.3 Å². The van der Waals surface area contributed by atoms with Crippen LogP contribution in [0, 0.1) is 22.2 Å². The first-order valence-corrected chi connectivity index (χ1v) is 8.76. The average Bonchev–Trinajstić information content (AvgIpc) is 2.80. The number of aliphatic carboxylic acids is 1. The zero-order valence-electron chi connectivity index (χ0n) is 14.3. The van der Waals surface area contributed by atoms with Crippen molar-refractivity contribution in [3.63, 3.8) is 0 Å². The number of carbonyl (C=O) groups excluding carboxylic acids is 1. The molecule has 0 saturated heterocycles. The molecule has 0 radical (unpaired) electrons. The highest BCUT2D eigenvalue weighted by Gasteiger charge is 2.62. The van der Waals surface area contributed by atoms with Crippen LogP contribution in [0.15, 0.2) is 12.3 Å². The van der Waals surface area contributed by atoms with Crippen LogP contribution in [0.25, 0.3) is 0 Å². The van der Waals surface area contributed by atoms with Gasteiger partial charge in [-0.1, -0.05) is 13.8 Å². The maximum atomic E-state index is 13.1. The lowest BCUT2D eigenvalue weighted by atomic mass is 9.40. The highest BCUT2D eigenvalue weighted by atomic mass is 16.4. The monoisotopic (exact) mass is 331 g/mol. The minimum Gasteiger partial charge on any atom is -0.480 e. The van der Waals surface area contributed by atoms with Crippen LogP contribution >= 0.6 is 0 Å². The molecule has 130 valence electrons. The van der Waals surface area contributed by atoms with Gasteiger partial charge in [-0.3, -0.25) is 14.3 Å². The van der Waals surface area contributed by atoms with Crippen LogP contribution in [0.4, 0.5) is 5.82 Å². The number of carboxylic acid groups (broad SMARTS) is 1. The molecule has 0 spiro atoms. The molecule has 2 atom stereocenters. The van der Waals surface area contributed by atoms with Crippen LogP contribution in [-0.4, -0.2) is 26.8 Å². The van der Waals surface area contributed by atoms with E-state index in [0.29, 0.717) is 11.7 Å². The molecule has 5 rings (SSSR count). The second kappa shape index (κ2) is 4.83. The number of rotatable bonds is 4. The molecule has 1 amide bonds. The predicted molar refractivity (Wildman–Crippen MR) is 88.3 cm³/mol. The van der Waals surface area contributed by atoms with Crippen molar-refractivity contribution in [2.45, 2.75) is 58.9 Å². The topological polar surface area (TPSA) is 84.2 Å². The van der Waals surface area contributed by atoms with Gasteiger partial charge in [0.2, 0.25) is 5.91 Å². The second-order valence-electron chi connectivity index (χ2n) is 9.16. The Morgan fingerprint density at radius 1 is 1.25 bits per heavy atom. The van der Waals surface area contributed by atoms with E-state index in [1.54, 1.807) is 12.3 Å². The molecule has 4 aliphatic rings. The molecule has 4 fully saturated rings. The molecule has 2 unspecified atom stereocenters. The predicted octanol–water partition coefficient (Wildman–Crippen LogP) is 2.90. The van der Waals surface area contributed by atoms with E-state index in [1.165, 1.54) is 23.9 Å². The lowest BCUT2D eigenvalue weighted by Gasteiger charge is -2.64. The van der Waals surface area contributed by atoms with Crippen molar-refractivity contribution in [2.24, 2.45) is 22.2 Å². The van der Waals surface area contributed by atoms with Crippen LogP contribution in [0.3, 0.4) is 0 Å². The highest BCUT2D eigenvalue weighted by Crippen LogP contribution is 2.69. The summed E-state index contributed by atoms with van der Waals surface area (Å²) in [6.45, 7) is 4.50. The molecule has 2 N–H and O–H groups in total. The van der Waals surface area contributed by atoms with Gasteiger partial charge in [0.1, 0.15) is 6.54 Å². The Labute approximate surface area is 141 Å². The van der Waals surface area contributed by atoms with E-state index in [-0.39, 0.29) is 28.7 Å². The van der Waals surface area contributed by atoms with Gasteiger partial charge in [0.25, 0.3) is 0 Å². The first-order chi connectivity index (χ1) is 11.2. The fourth-order valence-electron chi connectivity index (χ4n) is 6.60. The number of nitrogens with zero attached hydrogens (tertiary/aromatic N) is 2. The quantitative estimate of drug-likeness (QED) is 0.888. The highest BCUT2D eigenvalue weighted by molar-refractivity contribution is 5.95. The summed E-state index contributed by atoms with van der Waals surface area (Å²) in [7, 11) is 0. The third kappa shape index (κ3) is 2.52. The van der Waals surface area contributed by atoms with E-state index in [0.717, 1.165) is 19.3 Å². The van der Waals surface area contributed by atoms with Crippen molar-refractivity contribution in [1.29, 1.82) is 0 Å². The van der Waals surface area contributed by atoms with E-state index >= 15 is 0 Å². The number of aromatic nitrogens is 2. The van der Waals surface area contributed by atoms with Gasteiger partial charge in [0.15, 0.2) is 5.82 Å². The standard InChI is InChI=1S/C18H25N3O3/c1-16-5-12-6-17(2,9-16)11-18(7-12,10-16)15(24)19-13-3-4-21(20-13)8-14(22)23/h3-4,12H,5-11H2,1-2H3,(H,22,23)(H,19,20,24). The number of anilines is 1. The van der Waals surface area contributed by atoms with E-state index < -0.39 is 5.97 Å². The summed E-state index contributed by atoms with van der Waals surface area (Å²) in [5, 5.41) is 15.9. The minimum atomic E-state index is -0.946. The summed E-state index contributed by atoms with van der Waals surface area (Å²) in [5.74, 6) is 0.237. The molecule has 0 aliphatic heterocycles. The lowest BCUT2D eigenvalue weighted by molar-refractivity contribution is -0.165. The molecular weight excluding hydrogens is 306 g/mol. The molecule has 1 aromatic heterocycles. The second-order valence-corrected chi connectivity index (χ2v) is 9.16. The first-order valence-electron chi connectivity index (χ1n) is 8.76. The van der Waals surface area contributed by atoms with E-state index in [9.17, 15) is 9.59 Å². The van der Waals surface area contributed by atoms with Crippen LogP contribution < -0.4 is 5.32 Å². The lowest BCUT2D eigenvalue weighted by Crippen LogP contribution is -2.58. The van der Waals surface area contributed by atoms with Crippen LogP contribution in [0.5, 0.6) is 0 Å². The molecule has 4 aliphatic carbocycles. The van der Waals surface area contributed by atoms with Gasteiger partial charge in [-0.15, -0.1) is 0 Å². The molecule has 1 aromatic rings. The molecule has 4 bridgehead atoms. The summed E-state index contributed by atoms with van der Waals surface area (Å²) >= 11 is 0. The maximum Gasteiger partial charge on any atom is 0.325 e. The fraction of sp³-hybridized carbons (Fsp3) is 0.722. The van der Waals surface area contributed by atoms with Gasteiger partial charge >= 0.3 is 5.97 Å². The number of amides is 1. The van der Waals surface area contributed by atoms with E-state index in [2.05, 4.69) is 24.3 Å². The minimum absolute atomic E-state index is 0.0737. The normalized spacial score (nSPS) is 39.8. The molecule has 4 saturated carbocycles. The van der Waals surface area contributed by atoms with Crippen molar-refractivity contribution in [1.82, 2.24) is 9.78 Å². The molecule has 24 heavy (non-hydrogen) atoms. The number of carbonyl (C=O) groups is 2. The molecule has 0 aromatic carbocycles.